The summed E-state index contributed by atoms with van der Waals surface area (Å²) >= 11 is 0. The van der Waals surface area contributed by atoms with Crippen LogP contribution in [0.2, 0.25) is 0 Å². The van der Waals surface area contributed by atoms with Crippen molar-refractivity contribution in [1.82, 2.24) is 4.90 Å². The summed E-state index contributed by atoms with van der Waals surface area (Å²) in [6.07, 6.45) is 1.74. The molecule has 1 aromatic carbocycles. The third kappa shape index (κ3) is 3.39. The minimum Gasteiger partial charge on any atom is -0.363 e. The van der Waals surface area contributed by atoms with E-state index in [0.29, 0.717) is 23.6 Å². The molecule has 1 saturated heterocycles. The number of carbonyl (C=O) groups is 1. The van der Waals surface area contributed by atoms with Gasteiger partial charge in [-0.3, -0.25) is 19.8 Å². The predicted octanol–water partition coefficient (Wildman–Crippen LogP) is 2.33. The minimum absolute atomic E-state index is 0.0107. The van der Waals surface area contributed by atoms with Gasteiger partial charge in [0, 0.05) is 43.9 Å². The Hall–Kier alpha value is -1.95. The monoisotopic (exact) mass is 291 g/mol. The number of piperazine rings is 1. The van der Waals surface area contributed by atoms with Crippen molar-refractivity contribution < 1.29 is 9.72 Å². The van der Waals surface area contributed by atoms with Crippen LogP contribution in [0, 0.1) is 10.1 Å². The first kappa shape index (κ1) is 15.4. The van der Waals surface area contributed by atoms with E-state index in [1.807, 2.05) is 4.90 Å². The van der Waals surface area contributed by atoms with Crippen molar-refractivity contribution in [2.75, 3.05) is 31.1 Å². The first-order valence-electron chi connectivity index (χ1n) is 7.29. The van der Waals surface area contributed by atoms with Gasteiger partial charge in [-0.05, 0) is 25.5 Å². The van der Waals surface area contributed by atoms with Crippen LogP contribution in [0.3, 0.4) is 0 Å². The molecule has 1 aliphatic heterocycles. The van der Waals surface area contributed by atoms with Crippen LogP contribution in [-0.4, -0.2) is 48.3 Å². The SMILES string of the molecule is CCC(C)N1CCN(c2ccc(C=O)cc2[N+](=O)[O-])CC1. The lowest BCUT2D eigenvalue weighted by Crippen LogP contribution is -2.49. The third-order valence-electron chi connectivity index (χ3n) is 4.20. The molecule has 0 radical (unpaired) electrons. The van der Waals surface area contributed by atoms with E-state index in [2.05, 4.69) is 18.7 Å². The van der Waals surface area contributed by atoms with E-state index >= 15 is 0 Å². The molecule has 1 fully saturated rings. The van der Waals surface area contributed by atoms with E-state index in [-0.39, 0.29) is 5.69 Å². The summed E-state index contributed by atoms with van der Waals surface area (Å²) in [5.74, 6) is 0. The van der Waals surface area contributed by atoms with E-state index < -0.39 is 4.92 Å². The Labute approximate surface area is 124 Å². The van der Waals surface area contributed by atoms with Crippen molar-refractivity contribution in [2.45, 2.75) is 26.3 Å². The fourth-order valence-electron chi connectivity index (χ4n) is 2.69. The molecule has 0 aliphatic carbocycles. The number of rotatable bonds is 5. The van der Waals surface area contributed by atoms with Gasteiger partial charge in [-0.2, -0.15) is 0 Å². The normalized spacial score (nSPS) is 17.5. The van der Waals surface area contributed by atoms with Crippen molar-refractivity contribution in [3.05, 3.63) is 33.9 Å². The van der Waals surface area contributed by atoms with Crippen LogP contribution < -0.4 is 4.90 Å². The smallest absolute Gasteiger partial charge is 0.293 e. The van der Waals surface area contributed by atoms with Gasteiger partial charge in [0.2, 0.25) is 0 Å². The van der Waals surface area contributed by atoms with Gasteiger partial charge in [-0.1, -0.05) is 6.92 Å². The molecule has 0 N–H and O–H groups in total. The molecule has 6 nitrogen and oxygen atoms in total. The van der Waals surface area contributed by atoms with Gasteiger partial charge in [0.15, 0.2) is 0 Å². The molecule has 6 heteroatoms. The molecule has 1 heterocycles. The predicted molar refractivity (Wildman–Crippen MR) is 82.0 cm³/mol. The van der Waals surface area contributed by atoms with Crippen LogP contribution in [-0.2, 0) is 0 Å². The number of hydrogen-bond acceptors (Lipinski definition) is 5. The molecule has 0 spiro atoms. The number of carbonyl (C=O) groups excluding carboxylic acids is 1. The first-order chi connectivity index (χ1) is 10.1. The Bertz CT molecular complexity index is 525. The Morgan fingerprint density at radius 1 is 1.33 bits per heavy atom. The summed E-state index contributed by atoms with van der Waals surface area (Å²) < 4.78 is 0. The van der Waals surface area contributed by atoms with Gasteiger partial charge in [0.25, 0.3) is 5.69 Å². The lowest BCUT2D eigenvalue weighted by atomic mass is 10.1. The highest BCUT2D eigenvalue weighted by molar-refractivity contribution is 5.79. The Morgan fingerprint density at radius 3 is 2.52 bits per heavy atom. The Kier molecular flexibility index (Phi) is 4.90. The second-order valence-electron chi connectivity index (χ2n) is 5.40. The van der Waals surface area contributed by atoms with Gasteiger partial charge in [0.05, 0.1) is 4.92 Å². The quantitative estimate of drug-likeness (QED) is 0.473. The number of nitro groups is 1. The largest absolute Gasteiger partial charge is 0.363 e. The molecule has 1 atom stereocenters. The average molecular weight is 291 g/mol. The lowest BCUT2D eigenvalue weighted by molar-refractivity contribution is -0.384. The molecule has 2 rings (SSSR count). The Morgan fingerprint density at radius 2 is 2.00 bits per heavy atom. The number of nitrogens with zero attached hydrogens (tertiary/aromatic N) is 3. The average Bonchev–Trinajstić information content (AvgIpc) is 2.53. The third-order valence-corrected chi connectivity index (χ3v) is 4.20. The number of benzene rings is 1. The maximum Gasteiger partial charge on any atom is 0.293 e. The van der Waals surface area contributed by atoms with Crippen molar-refractivity contribution in [3.63, 3.8) is 0 Å². The second kappa shape index (κ2) is 6.67. The zero-order valence-electron chi connectivity index (χ0n) is 12.5. The summed E-state index contributed by atoms with van der Waals surface area (Å²) in [7, 11) is 0. The van der Waals surface area contributed by atoms with Crippen LogP contribution in [0.5, 0.6) is 0 Å². The molecule has 21 heavy (non-hydrogen) atoms. The van der Waals surface area contributed by atoms with Gasteiger partial charge in [-0.25, -0.2) is 0 Å². The zero-order valence-corrected chi connectivity index (χ0v) is 12.5. The molecule has 114 valence electrons. The van der Waals surface area contributed by atoms with Crippen LogP contribution in [0.1, 0.15) is 30.6 Å². The maximum absolute atomic E-state index is 11.2. The van der Waals surface area contributed by atoms with Gasteiger partial charge >= 0.3 is 0 Å². The highest BCUT2D eigenvalue weighted by Gasteiger charge is 2.25. The summed E-state index contributed by atoms with van der Waals surface area (Å²) in [6, 6.07) is 5.21. The summed E-state index contributed by atoms with van der Waals surface area (Å²) in [5.41, 5.74) is 0.953. The molecule has 0 saturated carbocycles. The highest BCUT2D eigenvalue weighted by Crippen LogP contribution is 2.30. The van der Waals surface area contributed by atoms with Crippen LogP contribution in [0.25, 0.3) is 0 Å². The minimum atomic E-state index is -0.413. The lowest BCUT2D eigenvalue weighted by Gasteiger charge is -2.38. The van der Waals surface area contributed by atoms with Gasteiger partial charge < -0.3 is 4.90 Å². The number of nitro benzene ring substituents is 1. The van der Waals surface area contributed by atoms with Crippen molar-refractivity contribution in [3.8, 4) is 0 Å². The molecular formula is C15H21N3O3. The van der Waals surface area contributed by atoms with Crippen molar-refractivity contribution in [1.29, 1.82) is 0 Å². The molecule has 0 amide bonds. The number of anilines is 1. The zero-order chi connectivity index (χ0) is 15.4. The van der Waals surface area contributed by atoms with Gasteiger partial charge in [-0.15, -0.1) is 0 Å². The molecule has 1 unspecified atom stereocenters. The first-order valence-corrected chi connectivity index (χ1v) is 7.29. The summed E-state index contributed by atoms with van der Waals surface area (Å²) in [5, 5.41) is 11.2. The van der Waals surface area contributed by atoms with Crippen molar-refractivity contribution in [2.24, 2.45) is 0 Å². The molecule has 0 aromatic heterocycles. The number of aldehydes is 1. The molecule has 1 aliphatic rings. The van der Waals surface area contributed by atoms with E-state index in [0.717, 1.165) is 32.6 Å². The van der Waals surface area contributed by atoms with Crippen LogP contribution in [0.15, 0.2) is 18.2 Å². The van der Waals surface area contributed by atoms with E-state index in [1.54, 1.807) is 12.1 Å². The second-order valence-corrected chi connectivity index (χ2v) is 5.40. The van der Waals surface area contributed by atoms with E-state index in [4.69, 9.17) is 0 Å². The molecular weight excluding hydrogens is 270 g/mol. The Balaban J connectivity index is 2.16. The standard InChI is InChI=1S/C15H21N3O3/c1-3-12(2)16-6-8-17(9-7-16)14-5-4-13(11-19)10-15(14)18(20)21/h4-5,10-12H,3,6-9H2,1-2H3. The van der Waals surface area contributed by atoms with E-state index in [9.17, 15) is 14.9 Å². The fourth-order valence-corrected chi connectivity index (χ4v) is 2.69. The maximum atomic E-state index is 11.2. The summed E-state index contributed by atoms with van der Waals surface area (Å²) in [6.45, 7) is 7.72. The number of hydrogen-bond donors (Lipinski definition) is 0. The topological polar surface area (TPSA) is 66.7 Å². The van der Waals surface area contributed by atoms with Crippen LogP contribution in [0.4, 0.5) is 11.4 Å². The van der Waals surface area contributed by atoms with Crippen molar-refractivity contribution >= 4 is 17.7 Å². The molecule has 1 aromatic rings. The fraction of sp³-hybridized carbons (Fsp3) is 0.533. The summed E-state index contributed by atoms with van der Waals surface area (Å²) in [4.78, 5) is 26.0. The van der Waals surface area contributed by atoms with Gasteiger partial charge in [0.1, 0.15) is 12.0 Å². The van der Waals surface area contributed by atoms with E-state index in [1.165, 1.54) is 6.07 Å². The molecule has 0 bridgehead atoms. The highest BCUT2D eigenvalue weighted by atomic mass is 16.6. The van der Waals surface area contributed by atoms with Crippen LogP contribution >= 0.6 is 0 Å².